The van der Waals surface area contributed by atoms with Gasteiger partial charge in [-0.2, -0.15) is 0 Å². The molecule has 506 valence electrons. The second kappa shape index (κ2) is 57.7. The Balaban J connectivity index is 5.28. The van der Waals surface area contributed by atoms with Crippen molar-refractivity contribution in [2.45, 2.75) is 324 Å². The number of hydrogen-bond acceptors (Lipinski definition) is 15. The molecule has 0 aliphatic rings. The van der Waals surface area contributed by atoms with Gasteiger partial charge in [0.25, 0.3) is 0 Å². The third-order valence-corrected chi connectivity index (χ3v) is 16.7. The van der Waals surface area contributed by atoms with Gasteiger partial charge in [0.05, 0.1) is 26.4 Å². The van der Waals surface area contributed by atoms with Gasteiger partial charge >= 0.3 is 39.5 Å². The lowest BCUT2D eigenvalue weighted by molar-refractivity contribution is -0.161. The highest BCUT2D eigenvalue weighted by Crippen LogP contribution is 2.45. The van der Waals surface area contributed by atoms with Crippen molar-refractivity contribution in [3.63, 3.8) is 0 Å². The average molecular weight is 1270 g/mol. The number of carbonyl (C=O) groups is 4. The average Bonchev–Trinajstić information content (AvgIpc) is 3.60. The molecule has 0 spiro atoms. The van der Waals surface area contributed by atoms with E-state index in [4.69, 9.17) is 37.0 Å². The zero-order chi connectivity index (χ0) is 63.8. The summed E-state index contributed by atoms with van der Waals surface area (Å²) >= 11 is 0. The van der Waals surface area contributed by atoms with Crippen LogP contribution in [0.4, 0.5) is 0 Å². The van der Waals surface area contributed by atoms with Gasteiger partial charge in [-0.15, -0.1) is 0 Å². The van der Waals surface area contributed by atoms with Crippen molar-refractivity contribution in [2.24, 2.45) is 17.8 Å². The number of ether oxygens (including phenoxy) is 4. The molecule has 0 aromatic rings. The van der Waals surface area contributed by atoms with Crippen molar-refractivity contribution < 1.29 is 80.2 Å². The van der Waals surface area contributed by atoms with E-state index in [0.29, 0.717) is 37.5 Å². The standard InChI is InChI=1S/C67H126O17P2/c1-8-9-10-11-12-13-14-15-16-17-18-21-26-36-43-50-66(71)84-63(55-78-65(70)49-42-35-30-29-33-40-47-60(6)7)57-82-86(75,76)80-53-61(68)52-79-85(73,74)81-56-62(54-77-64(69)48-41-34-28-23-25-32-39-46-59(4)5)83-67(72)51-44-37-27-22-19-20-24-31-38-45-58(2)3/h13-16,58-63,68H,8-12,17-57H2,1-7H3,(H,73,74)(H,75,76)/b14-13-,16-15-/t61?,62-,63-/m1/s1. The fourth-order valence-corrected chi connectivity index (χ4v) is 11.0. The number of allylic oxidation sites excluding steroid dienone is 4. The normalized spacial score (nSPS) is 14.5. The minimum Gasteiger partial charge on any atom is -0.462 e. The van der Waals surface area contributed by atoms with Gasteiger partial charge in [0.1, 0.15) is 19.3 Å². The van der Waals surface area contributed by atoms with Gasteiger partial charge in [-0.05, 0) is 69.1 Å². The number of esters is 4. The number of rotatable bonds is 63. The first-order valence-corrected chi connectivity index (χ1v) is 37.2. The molecule has 0 saturated heterocycles. The van der Waals surface area contributed by atoms with Gasteiger partial charge in [-0.3, -0.25) is 37.3 Å². The Kier molecular flexibility index (Phi) is 56.0. The Morgan fingerprint density at radius 3 is 0.942 bits per heavy atom. The molecular weight excluding hydrogens is 1140 g/mol. The Morgan fingerprint density at radius 1 is 0.360 bits per heavy atom. The van der Waals surface area contributed by atoms with Crippen LogP contribution in [0.3, 0.4) is 0 Å². The van der Waals surface area contributed by atoms with Crippen LogP contribution in [-0.2, 0) is 65.4 Å². The van der Waals surface area contributed by atoms with Crippen molar-refractivity contribution in [2.75, 3.05) is 39.6 Å². The van der Waals surface area contributed by atoms with Crippen molar-refractivity contribution in [3.8, 4) is 0 Å². The molecule has 0 aliphatic carbocycles. The van der Waals surface area contributed by atoms with E-state index in [2.05, 4.69) is 72.8 Å². The minimum absolute atomic E-state index is 0.0833. The first kappa shape index (κ1) is 83.5. The quantitative estimate of drug-likeness (QED) is 0.0169. The number of phosphoric ester groups is 2. The zero-order valence-corrected chi connectivity index (χ0v) is 57.0. The summed E-state index contributed by atoms with van der Waals surface area (Å²) in [5.41, 5.74) is 0. The van der Waals surface area contributed by atoms with E-state index in [1.165, 1.54) is 89.9 Å². The minimum atomic E-state index is -4.96. The number of unbranched alkanes of at least 4 members (excludes halogenated alkanes) is 28. The predicted octanol–water partition coefficient (Wildman–Crippen LogP) is 18.2. The molecule has 0 amide bonds. The number of carbonyl (C=O) groups excluding carboxylic acids is 4. The number of aliphatic hydroxyl groups excluding tert-OH is 1. The second-order valence-corrected chi connectivity index (χ2v) is 27.9. The van der Waals surface area contributed by atoms with Crippen LogP contribution in [0, 0.1) is 17.8 Å². The van der Waals surface area contributed by atoms with Gasteiger partial charge in [0.15, 0.2) is 12.2 Å². The van der Waals surface area contributed by atoms with Crippen LogP contribution in [0.1, 0.15) is 305 Å². The Morgan fingerprint density at radius 2 is 0.628 bits per heavy atom. The maximum Gasteiger partial charge on any atom is 0.472 e. The summed E-state index contributed by atoms with van der Waals surface area (Å²) in [5, 5.41) is 10.5. The molecule has 0 fully saturated rings. The van der Waals surface area contributed by atoms with E-state index in [-0.39, 0.29) is 25.7 Å². The van der Waals surface area contributed by atoms with Crippen LogP contribution >= 0.6 is 15.6 Å². The monoisotopic (exact) mass is 1260 g/mol. The molecule has 0 radical (unpaired) electrons. The van der Waals surface area contributed by atoms with Gasteiger partial charge in [-0.1, -0.05) is 253 Å². The Hall–Kier alpha value is -2.46. The molecule has 0 saturated carbocycles. The van der Waals surface area contributed by atoms with E-state index in [1.54, 1.807) is 0 Å². The smallest absolute Gasteiger partial charge is 0.462 e. The fourth-order valence-electron chi connectivity index (χ4n) is 9.47. The van der Waals surface area contributed by atoms with Crippen LogP contribution < -0.4 is 0 Å². The molecule has 86 heavy (non-hydrogen) atoms. The molecule has 0 aromatic heterocycles. The van der Waals surface area contributed by atoms with Crippen molar-refractivity contribution in [1.82, 2.24) is 0 Å². The molecule has 17 nitrogen and oxygen atoms in total. The highest BCUT2D eigenvalue weighted by Gasteiger charge is 2.30. The molecule has 19 heteroatoms. The van der Waals surface area contributed by atoms with Crippen LogP contribution in [0.15, 0.2) is 24.3 Å². The summed E-state index contributed by atoms with van der Waals surface area (Å²) in [6, 6.07) is 0. The summed E-state index contributed by atoms with van der Waals surface area (Å²) < 4.78 is 68.0. The number of phosphoric acid groups is 2. The zero-order valence-electron chi connectivity index (χ0n) is 55.3. The fraction of sp³-hybridized carbons (Fsp3) is 0.881. The Labute approximate surface area is 522 Å². The third-order valence-electron chi connectivity index (χ3n) is 14.8. The molecule has 3 N–H and O–H groups in total. The maximum absolute atomic E-state index is 13.0. The van der Waals surface area contributed by atoms with E-state index in [9.17, 15) is 43.2 Å². The van der Waals surface area contributed by atoms with Gasteiger partial charge in [0.2, 0.25) is 0 Å². The third kappa shape index (κ3) is 60.5. The molecule has 3 unspecified atom stereocenters. The number of hydrogen-bond donors (Lipinski definition) is 3. The molecule has 0 rings (SSSR count). The summed E-state index contributed by atoms with van der Waals surface area (Å²) in [5.74, 6) is -0.0514. The number of aliphatic hydroxyl groups is 1. The van der Waals surface area contributed by atoms with Crippen molar-refractivity contribution in [1.29, 1.82) is 0 Å². The van der Waals surface area contributed by atoms with E-state index >= 15 is 0 Å². The van der Waals surface area contributed by atoms with Crippen LogP contribution in [-0.4, -0.2) is 96.7 Å². The van der Waals surface area contributed by atoms with Gasteiger partial charge < -0.3 is 33.8 Å². The van der Waals surface area contributed by atoms with E-state index in [1.807, 2.05) is 0 Å². The topological polar surface area (TPSA) is 237 Å². The largest absolute Gasteiger partial charge is 0.472 e. The lowest BCUT2D eigenvalue weighted by atomic mass is 10.0. The summed E-state index contributed by atoms with van der Waals surface area (Å²) in [6.45, 7) is 11.6. The summed E-state index contributed by atoms with van der Waals surface area (Å²) in [6.07, 6.45) is 42.8. The molecule has 0 bridgehead atoms. The first-order chi connectivity index (χ1) is 41.2. The van der Waals surface area contributed by atoms with Crippen LogP contribution in [0.2, 0.25) is 0 Å². The molecule has 0 heterocycles. The van der Waals surface area contributed by atoms with Crippen LogP contribution in [0.5, 0.6) is 0 Å². The van der Waals surface area contributed by atoms with Gasteiger partial charge in [0, 0.05) is 25.7 Å². The van der Waals surface area contributed by atoms with E-state index < -0.39 is 97.5 Å². The SMILES string of the molecule is CCCCCC/C=C\C=C/CCCCCCCC(=O)O[C@H](COC(=O)CCCCCCCCC(C)C)COP(=O)(O)OCC(O)COP(=O)(O)OC[C@@H](COC(=O)CCCCCCCCCC(C)C)OC(=O)CCCCCCCCCCCC(C)C. The molecular formula is C67H126O17P2. The first-order valence-electron chi connectivity index (χ1n) is 34.2. The molecule has 0 aliphatic heterocycles. The van der Waals surface area contributed by atoms with Crippen molar-refractivity contribution >= 4 is 39.5 Å². The molecule has 5 atom stereocenters. The summed E-state index contributed by atoms with van der Waals surface area (Å²) in [4.78, 5) is 72.3. The second-order valence-electron chi connectivity index (χ2n) is 25.0. The predicted molar refractivity (Wildman–Crippen MR) is 344 cm³/mol. The highest BCUT2D eigenvalue weighted by molar-refractivity contribution is 7.47. The summed E-state index contributed by atoms with van der Waals surface area (Å²) in [7, 11) is -9.91. The maximum atomic E-state index is 13.0. The van der Waals surface area contributed by atoms with Crippen molar-refractivity contribution in [3.05, 3.63) is 24.3 Å². The highest BCUT2D eigenvalue weighted by atomic mass is 31.2. The van der Waals surface area contributed by atoms with Crippen LogP contribution in [0.25, 0.3) is 0 Å². The Bertz CT molecular complexity index is 1790. The van der Waals surface area contributed by atoms with E-state index in [0.717, 1.165) is 121 Å². The molecule has 0 aromatic carbocycles. The lowest BCUT2D eigenvalue weighted by Gasteiger charge is -2.21. The van der Waals surface area contributed by atoms with Gasteiger partial charge in [-0.25, -0.2) is 9.13 Å². The lowest BCUT2D eigenvalue weighted by Crippen LogP contribution is -2.30.